The molecule has 2 aromatic rings. The van der Waals surface area contributed by atoms with Crippen molar-refractivity contribution in [3.05, 3.63) is 39.6 Å². The minimum absolute atomic E-state index is 0.205. The monoisotopic (exact) mass is 337 g/mol. The van der Waals surface area contributed by atoms with E-state index < -0.39 is 5.82 Å². The first-order valence-corrected chi connectivity index (χ1v) is 5.73. The van der Waals surface area contributed by atoms with Crippen molar-refractivity contribution >= 4 is 34.2 Å². The lowest BCUT2D eigenvalue weighted by Crippen LogP contribution is -2.02. The lowest BCUT2D eigenvalue weighted by molar-refractivity contribution is 0.617. The normalized spacial score (nSPS) is 10.6. The summed E-state index contributed by atoms with van der Waals surface area (Å²) in [4.78, 5) is 3.97. The number of hydrogen-bond acceptors (Lipinski definition) is 2. The van der Waals surface area contributed by atoms with Gasteiger partial charge in [-0.3, -0.25) is 0 Å². The SMILES string of the molecule is Fc1cnc(-n2cc(I)cn2)c(CCl)c1. The molecule has 0 radical (unpaired) electrons. The van der Waals surface area contributed by atoms with E-state index in [9.17, 15) is 4.39 Å². The van der Waals surface area contributed by atoms with Crippen molar-refractivity contribution in [3.63, 3.8) is 0 Å². The molecule has 0 aliphatic carbocycles. The van der Waals surface area contributed by atoms with Gasteiger partial charge in [0.05, 0.1) is 21.8 Å². The molecule has 0 aliphatic rings. The molecule has 0 saturated carbocycles. The van der Waals surface area contributed by atoms with Crippen LogP contribution >= 0.6 is 34.2 Å². The standard InChI is InChI=1S/C9H6ClFIN3/c10-2-6-1-7(11)3-13-9(6)15-5-8(12)4-14-15/h1,3-5H,2H2. The Morgan fingerprint density at radius 1 is 1.47 bits per heavy atom. The molecule has 0 aromatic carbocycles. The molecular formula is C9H6ClFIN3. The van der Waals surface area contributed by atoms with Gasteiger partial charge in [0.1, 0.15) is 5.82 Å². The summed E-state index contributed by atoms with van der Waals surface area (Å²) in [5.74, 6) is 0.377. The van der Waals surface area contributed by atoms with Crippen LogP contribution < -0.4 is 0 Å². The molecule has 6 heteroatoms. The third-order valence-corrected chi connectivity index (χ3v) is 2.67. The molecule has 2 heterocycles. The molecule has 0 fully saturated rings. The molecule has 0 saturated heterocycles. The highest BCUT2D eigenvalue weighted by atomic mass is 127. The summed E-state index contributed by atoms with van der Waals surface area (Å²) in [6.07, 6.45) is 4.65. The molecule has 0 aliphatic heterocycles. The Balaban J connectivity index is 2.52. The van der Waals surface area contributed by atoms with Crippen molar-refractivity contribution in [3.8, 4) is 5.82 Å². The molecular weight excluding hydrogens is 331 g/mol. The molecule has 0 spiro atoms. The van der Waals surface area contributed by atoms with Gasteiger partial charge in [-0.25, -0.2) is 14.1 Å². The first-order chi connectivity index (χ1) is 7.20. The molecule has 0 N–H and O–H groups in total. The molecule has 2 aromatic heterocycles. The molecule has 2 rings (SSSR count). The zero-order chi connectivity index (χ0) is 10.8. The molecule has 78 valence electrons. The Hall–Kier alpha value is -0.690. The third-order valence-electron chi connectivity index (χ3n) is 1.82. The average molecular weight is 338 g/mol. The summed E-state index contributed by atoms with van der Waals surface area (Å²) in [6.45, 7) is 0. The van der Waals surface area contributed by atoms with E-state index >= 15 is 0 Å². The van der Waals surface area contributed by atoms with Gasteiger partial charge in [0.2, 0.25) is 0 Å². The first-order valence-electron chi connectivity index (χ1n) is 4.11. The molecule has 0 atom stereocenters. The van der Waals surface area contributed by atoms with Gasteiger partial charge >= 0.3 is 0 Å². The number of halogens is 3. The molecule has 0 unspecified atom stereocenters. The number of alkyl halides is 1. The fraction of sp³-hybridized carbons (Fsp3) is 0.111. The Labute approximate surface area is 104 Å². The summed E-state index contributed by atoms with van der Waals surface area (Å²) in [6, 6.07) is 1.36. The van der Waals surface area contributed by atoms with Gasteiger partial charge in [-0.15, -0.1) is 11.6 Å². The summed E-state index contributed by atoms with van der Waals surface area (Å²) in [7, 11) is 0. The highest BCUT2D eigenvalue weighted by Gasteiger charge is 2.08. The van der Waals surface area contributed by atoms with E-state index in [1.165, 1.54) is 6.07 Å². The van der Waals surface area contributed by atoms with Gasteiger partial charge < -0.3 is 0 Å². The van der Waals surface area contributed by atoms with Crippen LogP contribution in [0.15, 0.2) is 24.7 Å². The van der Waals surface area contributed by atoms with E-state index in [4.69, 9.17) is 11.6 Å². The van der Waals surface area contributed by atoms with Crippen molar-refractivity contribution in [1.29, 1.82) is 0 Å². The van der Waals surface area contributed by atoms with Crippen molar-refractivity contribution in [2.45, 2.75) is 5.88 Å². The number of nitrogens with zero attached hydrogens (tertiary/aromatic N) is 3. The number of aromatic nitrogens is 3. The maximum Gasteiger partial charge on any atom is 0.157 e. The van der Waals surface area contributed by atoms with Crippen LogP contribution in [0.25, 0.3) is 5.82 Å². The van der Waals surface area contributed by atoms with Gasteiger partial charge in [0.25, 0.3) is 0 Å². The molecule has 3 nitrogen and oxygen atoms in total. The zero-order valence-electron chi connectivity index (χ0n) is 7.49. The maximum absolute atomic E-state index is 12.9. The first kappa shape index (κ1) is 10.8. The highest BCUT2D eigenvalue weighted by Crippen LogP contribution is 2.15. The van der Waals surface area contributed by atoms with Crippen molar-refractivity contribution in [1.82, 2.24) is 14.8 Å². The van der Waals surface area contributed by atoms with E-state index in [0.717, 1.165) is 9.77 Å². The van der Waals surface area contributed by atoms with Gasteiger partial charge in [0, 0.05) is 11.8 Å². The summed E-state index contributed by atoms with van der Waals surface area (Å²) in [5, 5.41) is 4.09. The van der Waals surface area contributed by atoms with Crippen LogP contribution in [0.1, 0.15) is 5.56 Å². The van der Waals surface area contributed by atoms with Gasteiger partial charge in [0.15, 0.2) is 5.82 Å². The van der Waals surface area contributed by atoms with E-state index in [2.05, 4.69) is 32.7 Å². The van der Waals surface area contributed by atoms with Gasteiger partial charge in [-0.1, -0.05) is 0 Å². The predicted molar refractivity (Wildman–Crippen MR) is 63.6 cm³/mol. The van der Waals surface area contributed by atoms with Crippen LogP contribution in [0.5, 0.6) is 0 Å². The fourth-order valence-corrected chi connectivity index (χ4v) is 1.78. The number of hydrogen-bond donors (Lipinski definition) is 0. The quantitative estimate of drug-likeness (QED) is 0.623. The zero-order valence-corrected chi connectivity index (χ0v) is 10.4. The van der Waals surface area contributed by atoms with Crippen molar-refractivity contribution < 1.29 is 4.39 Å². The summed E-state index contributed by atoms with van der Waals surface area (Å²) in [5.41, 5.74) is 0.621. The minimum Gasteiger partial charge on any atom is -0.234 e. The molecule has 0 amide bonds. The average Bonchev–Trinajstić information content (AvgIpc) is 2.64. The van der Waals surface area contributed by atoms with Crippen LogP contribution in [0.4, 0.5) is 4.39 Å². The summed E-state index contributed by atoms with van der Waals surface area (Å²) < 4.78 is 15.5. The lowest BCUT2D eigenvalue weighted by atomic mass is 10.3. The van der Waals surface area contributed by atoms with E-state index in [0.29, 0.717) is 11.4 Å². The Morgan fingerprint density at radius 3 is 2.87 bits per heavy atom. The lowest BCUT2D eigenvalue weighted by Gasteiger charge is -2.05. The van der Waals surface area contributed by atoms with E-state index in [-0.39, 0.29) is 5.88 Å². The second kappa shape index (κ2) is 4.44. The highest BCUT2D eigenvalue weighted by molar-refractivity contribution is 14.1. The topological polar surface area (TPSA) is 30.7 Å². The Morgan fingerprint density at radius 2 is 2.27 bits per heavy atom. The second-order valence-electron chi connectivity index (χ2n) is 2.87. The largest absolute Gasteiger partial charge is 0.234 e. The second-order valence-corrected chi connectivity index (χ2v) is 4.39. The maximum atomic E-state index is 12.9. The van der Waals surface area contributed by atoms with Crippen molar-refractivity contribution in [2.75, 3.05) is 0 Å². The Kier molecular flexibility index (Phi) is 3.20. The van der Waals surface area contributed by atoms with Crippen LogP contribution in [0.3, 0.4) is 0 Å². The molecule has 0 bridgehead atoms. The minimum atomic E-state index is -0.392. The number of rotatable bonds is 2. The van der Waals surface area contributed by atoms with E-state index in [1.54, 1.807) is 17.1 Å². The van der Waals surface area contributed by atoms with Gasteiger partial charge in [-0.05, 0) is 28.7 Å². The van der Waals surface area contributed by atoms with Crippen LogP contribution in [-0.4, -0.2) is 14.8 Å². The third kappa shape index (κ3) is 2.28. The van der Waals surface area contributed by atoms with Crippen molar-refractivity contribution in [2.24, 2.45) is 0 Å². The molecule has 15 heavy (non-hydrogen) atoms. The predicted octanol–water partition coefficient (Wildman–Crippen LogP) is 2.75. The fourth-order valence-electron chi connectivity index (χ4n) is 1.20. The number of pyridine rings is 1. The van der Waals surface area contributed by atoms with E-state index in [1.807, 2.05) is 0 Å². The summed E-state index contributed by atoms with van der Waals surface area (Å²) >= 11 is 7.85. The van der Waals surface area contributed by atoms with Crippen LogP contribution in [0.2, 0.25) is 0 Å². The van der Waals surface area contributed by atoms with Crippen LogP contribution in [0, 0.1) is 9.39 Å². The van der Waals surface area contributed by atoms with Gasteiger partial charge in [-0.2, -0.15) is 5.10 Å². The Bertz CT molecular complexity index is 486. The van der Waals surface area contributed by atoms with Crippen LogP contribution in [-0.2, 0) is 5.88 Å². The smallest absolute Gasteiger partial charge is 0.157 e.